The van der Waals surface area contributed by atoms with Crippen molar-refractivity contribution in [3.05, 3.63) is 33.2 Å². The highest BCUT2D eigenvalue weighted by atomic mass is 35.5. The molecule has 1 heterocycles. The minimum absolute atomic E-state index is 0.0300. The molecular formula is C9H8ClF3N2OS. The van der Waals surface area contributed by atoms with Gasteiger partial charge >= 0.3 is 6.18 Å². The van der Waals surface area contributed by atoms with Crippen LogP contribution in [0.3, 0.4) is 0 Å². The Balaban J connectivity index is 3.16. The smallest absolute Gasteiger partial charge is 0.393 e. The third kappa shape index (κ3) is 3.71. The molecule has 0 amide bonds. The van der Waals surface area contributed by atoms with E-state index in [1.807, 2.05) is 0 Å². The van der Waals surface area contributed by atoms with Gasteiger partial charge in [-0.15, -0.1) is 0 Å². The molecule has 0 bridgehead atoms. The monoisotopic (exact) mass is 284 g/mol. The number of aryl methyl sites for hydroxylation is 1. The molecule has 0 spiro atoms. The summed E-state index contributed by atoms with van der Waals surface area (Å²) in [5, 5.41) is -0.484. The van der Waals surface area contributed by atoms with Crippen molar-refractivity contribution < 1.29 is 13.2 Å². The van der Waals surface area contributed by atoms with Crippen molar-refractivity contribution in [3.8, 4) is 0 Å². The molecule has 1 rings (SSSR count). The second kappa shape index (κ2) is 5.05. The zero-order valence-electron chi connectivity index (χ0n) is 8.42. The molecule has 0 saturated heterocycles. The molecule has 17 heavy (non-hydrogen) atoms. The van der Waals surface area contributed by atoms with Gasteiger partial charge in [-0.25, -0.2) is 0 Å². The molecule has 2 N–H and O–H groups in total. The first kappa shape index (κ1) is 14.0. The Hall–Kier alpha value is -1.08. The summed E-state index contributed by atoms with van der Waals surface area (Å²) in [6.45, 7) is -0.0300. The van der Waals surface area contributed by atoms with Crippen molar-refractivity contribution in [1.82, 2.24) is 4.57 Å². The molecule has 3 nitrogen and oxygen atoms in total. The summed E-state index contributed by atoms with van der Waals surface area (Å²) >= 11 is 10.0. The summed E-state index contributed by atoms with van der Waals surface area (Å²) in [4.78, 5) is 11.6. The van der Waals surface area contributed by atoms with E-state index in [4.69, 9.17) is 17.3 Å². The normalized spacial score (nSPS) is 11.5. The number of nitrogens with zero attached hydrogens (tertiary/aromatic N) is 1. The quantitative estimate of drug-likeness (QED) is 0.866. The van der Waals surface area contributed by atoms with Gasteiger partial charge in [-0.2, -0.15) is 13.2 Å². The van der Waals surface area contributed by atoms with Crippen LogP contribution in [0.4, 0.5) is 13.2 Å². The van der Waals surface area contributed by atoms with Gasteiger partial charge in [-0.1, -0.05) is 23.8 Å². The molecule has 8 heteroatoms. The molecule has 0 fully saturated rings. The van der Waals surface area contributed by atoms with Crippen LogP contribution in [0.25, 0.3) is 0 Å². The Labute approximate surface area is 105 Å². The number of thiocarbonyl (C=S) groups is 1. The molecule has 0 aliphatic rings. The first-order valence-corrected chi connectivity index (χ1v) is 5.26. The number of rotatable bonds is 3. The van der Waals surface area contributed by atoms with E-state index in [0.29, 0.717) is 12.3 Å². The summed E-state index contributed by atoms with van der Waals surface area (Å²) in [5.41, 5.74) is 3.53. The number of aromatic nitrogens is 1. The lowest BCUT2D eigenvalue weighted by Crippen LogP contribution is -2.25. The summed E-state index contributed by atoms with van der Waals surface area (Å²) in [7, 11) is 0. The first-order chi connectivity index (χ1) is 7.71. The van der Waals surface area contributed by atoms with Crippen LogP contribution in [-0.2, 0) is 12.7 Å². The Morgan fingerprint density at radius 1 is 1.53 bits per heavy atom. The Kier molecular flexibility index (Phi) is 4.16. The van der Waals surface area contributed by atoms with Crippen LogP contribution in [0.15, 0.2) is 17.1 Å². The molecule has 0 radical (unpaired) electrons. The van der Waals surface area contributed by atoms with Crippen molar-refractivity contribution in [2.75, 3.05) is 0 Å². The van der Waals surface area contributed by atoms with Gasteiger partial charge in [0.05, 0.1) is 10.6 Å². The van der Waals surface area contributed by atoms with Crippen molar-refractivity contribution in [3.63, 3.8) is 0 Å². The largest absolute Gasteiger partial charge is 0.417 e. The van der Waals surface area contributed by atoms with E-state index in [1.165, 1.54) is 0 Å². The number of halogens is 4. The zero-order chi connectivity index (χ0) is 13.2. The molecule has 0 aliphatic carbocycles. The fourth-order valence-corrected chi connectivity index (χ4v) is 1.47. The summed E-state index contributed by atoms with van der Waals surface area (Å²) < 4.78 is 38.2. The summed E-state index contributed by atoms with van der Waals surface area (Å²) in [6, 6.07) is 0.598. The summed E-state index contributed by atoms with van der Waals surface area (Å²) in [5.74, 6) is 0. The van der Waals surface area contributed by atoms with Crippen molar-refractivity contribution in [1.29, 1.82) is 0 Å². The molecule has 0 atom stereocenters. The summed E-state index contributed by atoms with van der Waals surface area (Å²) in [6.07, 6.45) is -3.72. The maximum absolute atomic E-state index is 12.5. The average Bonchev–Trinajstić information content (AvgIpc) is 2.18. The third-order valence-electron chi connectivity index (χ3n) is 1.97. The Morgan fingerprint density at radius 2 is 2.12 bits per heavy atom. The van der Waals surface area contributed by atoms with E-state index in [1.54, 1.807) is 0 Å². The molecule has 94 valence electrons. The SMILES string of the molecule is NC(=S)CCn1cc(C(F)(F)F)cc(Cl)c1=O. The maximum atomic E-state index is 12.5. The number of alkyl halides is 3. The average molecular weight is 285 g/mol. The van der Waals surface area contributed by atoms with Gasteiger partial charge in [0.25, 0.3) is 5.56 Å². The van der Waals surface area contributed by atoms with Crippen LogP contribution >= 0.6 is 23.8 Å². The predicted octanol–water partition coefficient (Wildman–Crippen LogP) is 2.20. The van der Waals surface area contributed by atoms with Crippen LogP contribution in [0, 0.1) is 0 Å². The third-order valence-corrected chi connectivity index (χ3v) is 2.44. The highest BCUT2D eigenvalue weighted by Crippen LogP contribution is 2.29. The van der Waals surface area contributed by atoms with Crippen LogP contribution in [-0.4, -0.2) is 9.56 Å². The van der Waals surface area contributed by atoms with Crippen LogP contribution in [0.2, 0.25) is 5.02 Å². The second-order valence-corrected chi connectivity index (χ2v) is 4.22. The van der Waals surface area contributed by atoms with Gasteiger partial charge in [0.1, 0.15) is 5.02 Å². The molecule has 0 aromatic carbocycles. The van der Waals surface area contributed by atoms with E-state index < -0.39 is 22.3 Å². The highest BCUT2D eigenvalue weighted by molar-refractivity contribution is 7.80. The molecule has 0 aliphatic heterocycles. The van der Waals surface area contributed by atoms with Gasteiger partial charge in [0.15, 0.2) is 0 Å². The number of pyridine rings is 1. The van der Waals surface area contributed by atoms with E-state index in [0.717, 1.165) is 4.57 Å². The lowest BCUT2D eigenvalue weighted by atomic mass is 10.2. The fourth-order valence-electron chi connectivity index (χ4n) is 1.15. The molecule has 1 aromatic rings. The van der Waals surface area contributed by atoms with Gasteiger partial charge in [0.2, 0.25) is 0 Å². The maximum Gasteiger partial charge on any atom is 0.417 e. The Bertz CT molecular complexity index is 498. The lowest BCUT2D eigenvalue weighted by Gasteiger charge is -2.11. The van der Waals surface area contributed by atoms with Gasteiger partial charge in [0, 0.05) is 19.2 Å². The predicted molar refractivity (Wildman–Crippen MR) is 62.1 cm³/mol. The van der Waals surface area contributed by atoms with E-state index >= 15 is 0 Å². The zero-order valence-corrected chi connectivity index (χ0v) is 9.99. The minimum atomic E-state index is -4.55. The van der Waals surface area contributed by atoms with Gasteiger partial charge in [-0.3, -0.25) is 4.79 Å². The van der Waals surface area contributed by atoms with E-state index in [-0.39, 0.29) is 18.0 Å². The van der Waals surface area contributed by atoms with Crippen LogP contribution in [0.5, 0.6) is 0 Å². The van der Waals surface area contributed by atoms with Gasteiger partial charge < -0.3 is 10.3 Å². The number of nitrogens with two attached hydrogens (primary N) is 1. The van der Waals surface area contributed by atoms with E-state index in [2.05, 4.69) is 12.2 Å². The topological polar surface area (TPSA) is 48.0 Å². The Morgan fingerprint density at radius 3 is 2.59 bits per heavy atom. The lowest BCUT2D eigenvalue weighted by molar-refractivity contribution is -0.138. The molecule has 0 unspecified atom stereocenters. The molecule has 0 saturated carbocycles. The number of hydrogen-bond acceptors (Lipinski definition) is 2. The van der Waals surface area contributed by atoms with Crippen molar-refractivity contribution >= 4 is 28.8 Å². The fraction of sp³-hybridized carbons (Fsp3) is 0.333. The first-order valence-electron chi connectivity index (χ1n) is 4.47. The van der Waals surface area contributed by atoms with E-state index in [9.17, 15) is 18.0 Å². The van der Waals surface area contributed by atoms with Crippen molar-refractivity contribution in [2.45, 2.75) is 19.1 Å². The molecule has 1 aromatic heterocycles. The minimum Gasteiger partial charge on any atom is -0.393 e. The number of hydrogen-bond donors (Lipinski definition) is 1. The van der Waals surface area contributed by atoms with Crippen LogP contribution < -0.4 is 11.3 Å². The molecular weight excluding hydrogens is 277 g/mol. The van der Waals surface area contributed by atoms with Gasteiger partial charge in [-0.05, 0) is 6.07 Å². The second-order valence-electron chi connectivity index (χ2n) is 3.29. The van der Waals surface area contributed by atoms with Crippen LogP contribution in [0.1, 0.15) is 12.0 Å². The standard InChI is InChI=1S/C9H8ClF3N2OS/c10-6-3-5(9(11,12)13)4-15(8(6)16)2-1-7(14)17/h3-4H,1-2H2,(H2,14,17). The highest BCUT2D eigenvalue weighted by Gasteiger charge is 2.31. The van der Waals surface area contributed by atoms with Crippen molar-refractivity contribution in [2.24, 2.45) is 5.73 Å².